The molecule has 46 heavy (non-hydrogen) atoms. The number of benzene rings is 3. The van der Waals surface area contributed by atoms with Crippen molar-refractivity contribution >= 4 is 35.9 Å². The third kappa shape index (κ3) is 9.26. The smallest absolute Gasteiger partial charge is 0.408 e. The summed E-state index contributed by atoms with van der Waals surface area (Å²) in [6, 6.07) is 22.9. The Labute approximate surface area is 273 Å². The molecule has 0 spiro atoms. The van der Waals surface area contributed by atoms with Crippen molar-refractivity contribution in [2.75, 3.05) is 19.5 Å². The molecule has 2 amide bonds. The second-order valence-corrected chi connectivity index (χ2v) is 13.2. The van der Waals surface area contributed by atoms with Crippen molar-refractivity contribution < 1.29 is 38.1 Å². The fraction of sp³-hybridized carbons (Fsp3) is 0.371. The molecule has 0 heterocycles. The number of amides is 2. The summed E-state index contributed by atoms with van der Waals surface area (Å²) in [6.07, 6.45) is -1.58. The Hall–Kier alpha value is -4.51. The fourth-order valence-corrected chi connectivity index (χ4v) is 6.14. The Balaban J connectivity index is 1.39. The Bertz CT molecular complexity index is 1480. The van der Waals surface area contributed by atoms with Crippen LogP contribution in [0.3, 0.4) is 0 Å². The minimum absolute atomic E-state index is 0.0207. The topological polar surface area (TPSA) is 129 Å². The van der Waals surface area contributed by atoms with Crippen molar-refractivity contribution in [2.24, 2.45) is 0 Å². The molecule has 1 aliphatic carbocycles. The first-order valence-corrected chi connectivity index (χ1v) is 16.0. The Morgan fingerprint density at radius 3 is 1.93 bits per heavy atom. The van der Waals surface area contributed by atoms with Crippen LogP contribution in [0.25, 0.3) is 11.1 Å². The third-order valence-electron chi connectivity index (χ3n) is 7.26. The third-order valence-corrected chi connectivity index (χ3v) is 8.59. The first-order valence-electron chi connectivity index (χ1n) is 15.0. The van der Waals surface area contributed by atoms with Gasteiger partial charge in [0.15, 0.2) is 0 Å². The van der Waals surface area contributed by atoms with E-state index in [0.29, 0.717) is 0 Å². The molecule has 0 saturated carbocycles. The number of esters is 2. The number of methoxy groups -OCH3 is 1. The fourth-order valence-electron chi connectivity index (χ4n) is 5.05. The van der Waals surface area contributed by atoms with Gasteiger partial charge >= 0.3 is 24.1 Å². The standard InChI is InChI=1S/C35H40N2O8S/c1-22(30(32(39)42-5)37-34(41)43-19-23-13-7-6-8-14-23)46-21-29(31(38)45-35(2,3)4)36-33(40)44-20-28-26-17-11-9-15-24(26)25-16-10-12-18-27(25)28/h6-18,22,28-30H,19-21H2,1-5H3,(H,36,40)(H,37,41)/t22-,29-,30+/m0/s1. The maximum absolute atomic E-state index is 13.2. The molecule has 11 heteroatoms. The van der Waals surface area contributed by atoms with Crippen molar-refractivity contribution in [1.82, 2.24) is 10.6 Å². The van der Waals surface area contributed by atoms with Gasteiger partial charge in [-0.2, -0.15) is 11.8 Å². The van der Waals surface area contributed by atoms with Crippen LogP contribution in [0.1, 0.15) is 50.3 Å². The molecule has 1 aliphatic rings. The van der Waals surface area contributed by atoms with E-state index in [0.717, 1.165) is 27.8 Å². The summed E-state index contributed by atoms with van der Waals surface area (Å²) in [5.74, 6) is -1.48. The summed E-state index contributed by atoms with van der Waals surface area (Å²) < 4.78 is 21.4. The molecule has 3 atom stereocenters. The van der Waals surface area contributed by atoms with E-state index >= 15 is 0 Å². The largest absolute Gasteiger partial charge is 0.467 e. The molecular formula is C35H40N2O8S. The molecule has 0 aliphatic heterocycles. The van der Waals surface area contributed by atoms with Crippen LogP contribution in [-0.4, -0.2) is 66.5 Å². The molecule has 0 radical (unpaired) electrons. The van der Waals surface area contributed by atoms with E-state index in [1.165, 1.54) is 18.9 Å². The number of ether oxygens (including phenoxy) is 4. The predicted molar refractivity (Wildman–Crippen MR) is 175 cm³/mol. The summed E-state index contributed by atoms with van der Waals surface area (Å²) in [5, 5.41) is 4.62. The van der Waals surface area contributed by atoms with Crippen LogP contribution in [-0.2, 0) is 35.1 Å². The lowest BCUT2D eigenvalue weighted by Crippen LogP contribution is -2.49. The maximum atomic E-state index is 13.2. The summed E-state index contributed by atoms with van der Waals surface area (Å²) >= 11 is 1.17. The van der Waals surface area contributed by atoms with E-state index in [9.17, 15) is 19.2 Å². The lowest BCUT2D eigenvalue weighted by molar-refractivity contribution is -0.156. The average Bonchev–Trinajstić information content (AvgIpc) is 3.36. The highest BCUT2D eigenvalue weighted by Gasteiger charge is 2.34. The number of rotatable bonds is 12. The van der Waals surface area contributed by atoms with Gasteiger partial charge in [0.2, 0.25) is 0 Å². The highest BCUT2D eigenvalue weighted by Crippen LogP contribution is 2.44. The van der Waals surface area contributed by atoms with E-state index in [2.05, 4.69) is 10.6 Å². The predicted octanol–water partition coefficient (Wildman–Crippen LogP) is 5.83. The average molecular weight is 649 g/mol. The van der Waals surface area contributed by atoms with Gasteiger partial charge in [-0.3, -0.25) is 0 Å². The number of nitrogens with one attached hydrogen (secondary N) is 2. The maximum Gasteiger partial charge on any atom is 0.408 e. The quantitative estimate of drug-likeness (QED) is 0.184. The lowest BCUT2D eigenvalue weighted by atomic mass is 9.98. The molecule has 3 aromatic rings. The molecule has 2 N–H and O–H groups in total. The number of fused-ring (bicyclic) bond motifs is 3. The van der Waals surface area contributed by atoms with Crippen LogP contribution >= 0.6 is 11.8 Å². The zero-order valence-electron chi connectivity index (χ0n) is 26.6. The highest BCUT2D eigenvalue weighted by atomic mass is 32.2. The van der Waals surface area contributed by atoms with Crippen LogP contribution in [0, 0.1) is 0 Å². The first kappa shape index (κ1) is 34.4. The van der Waals surface area contributed by atoms with Gasteiger partial charge in [0, 0.05) is 16.9 Å². The van der Waals surface area contributed by atoms with Gasteiger partial charge < -0.3 is 29.6 Å². The van der Waals surface area contributed by atoms with Crippen molar-refractivity contribution in [2.45, 2.75) is 63.2 Å². The normalized spacial score (nSPS) is 14.1. The molecule has 0 unspecified atom stereocenters. The van der Waals surface area contributed by atoms with E-state index in [4.69, 9.17) is 18.9 Å². The van der Waals surface area contributed by atoms with Gasteiger partial charge in [-0.15, -0.1) is 0 Å². The van der Waals surface area contributed by atoms with Gasteiger partial charge in [-0.1, -0.05) is 85.8 Å². The van der Waals surface area contributed by atoms with Gasteiger partial charge in [0.25, 0.3) is 0 Å². The van der Waals surface area contributed by atoms with E-state index in [1.807, 2.05) is 78.9 Å². The SMILES string of the molecule is COC(=O)[C@H](NC(=O)OCc1ccccc1)[C@H](C)SC[C@H](NC(=O)OCC1c2ccccc2-c2ccccc21)C(=O)OC(C)(C)C. The number of thioether (sulfide) groups is 1. The second-order valence-electron chi connectivity index (χ2n) is 11.8. The van der Waals surface area contributed by atoms with Crippen LogP contribution in [0.4, 0.5) is 9.59 Å². The number of alkyl carbamates (subject to hydrolysis) is 2. The van der Waals surface area contributed by atoms with Crippen molar-refractivity contribution in [3.8, 4) is 11.1 Å². The molecule has 3 aromatic carbocycles. The minimum atomic E-state index is -1.11. The monoisotopic (exact) mass is 648 g/mol. The van der Waals surface area contributed by atoms with Gasteiger partial charge in [0.05, 0.1) is 7.11 Å². The van der Waals surface area contributed by atoms with Crippen molar-refractivity contribution in [3.05, 3.63) is 95.6 Å². The van der Waals surface area contributed by atoms with Crippen molar-refractivity contribution in [1.29, 1.82) is 0 Å². The molecule has 0 fully saturated rings. The van der Waals surface area contributed by atoms with Gasteiger partial charge in [-0.05, 0) is 48.6 Å². The highest BCUT2D eigenvalue weighted by molar-refractivity contribution is 8.00. The summed E-state index contributed by atoms with van der Waals surface area (Å²) in [5.41, 5.74) is 4.30. The van der Waals surface area contributed by atoms with Gasteiger partial charge in [-0.25, -0.2) is 19.2 Å². The number of hydrogen-bond acceptors (Lipinski definition) is 9. The van der Waals surface area contributed by atoms with Crippen molar-refractivity contribution in [3.63, 3.8) is 0 Å². The lowest BCUT2D eigenvalue weighted by Gasteiger charge is -2.27. The molecule has 10 nitrogen and oxygen atoms in total. The molecule has 0 bridgehead atoms. The molecule has 0 saturated heterocycles. The Morgan fingerprint density at radius 2 is 1.35 bits per heavy atom. The number of carbonyl (C=O) groups is 4. The zero-order valence-corrected chi connectivity index (χ0v) is 27.4. The van der Waals surface area contributed by atoms with E-state index < -0.39 is 47.1 Å². The van der Waals surface area contributed by atoms with E-state index in [1.54, 1.807) is 27.7 Å². The zero-order chi connectivity index (χ0) is 33.3. The summed E-state index contributed by atoms with van der Waals surface area (Å²) in [6.45, 7) is 6.97. The van der Waals surface area contributed by atoms with Crippen LogP contribution in [0.2, 0.25) is 0 Å². The van der Waals surface area contributed by atoms with Crippen LogP contribution < -0.4 is 10.6 Å². The van der Waals surface area contributed by atoms with Crippen LogP contribution in [0.15, 0.2) is 78.9 Å². The summed E-state index contributed by atoms with van der Waals surface area (Å²) in [4.78, 5) is 51.4. The second kappa shape index (κ2) is 15.7. The molecular weight excluding hydrogens is 608 g/mol. The Morgan fingerprint density at radius 1 is 0.783 bits per heavy atom. The first-order chi connectivity index (χ1) is 22.0. The van der Waals surface area contributed by atoms with E-state index in [-0.39, 0.29) is 24.9 Å². The van der Waals surface area contributed by atoms with Crippen LogP contribution in [0.5, 0.6) is 0 Å². The summed E-state index contributed by atoms with van der Waals surface area (Å²) in [7, 11) is 1.21. The van der Waals surface area contributed by atoms with Gasteiger partial charge in [0.1, 0.15) is 30.9 Å². The molecule has 0 aromatic heterocycles. The number of carbonyl (C=O) groups excluding carboxylic acids is 4. The Kier molecular flexibility index (Phi) is 11.7. The minimum Gasteiger partial charge on any atom is -0.467 e. The molecule has 244 valence electrons. The number of hydrogen-bond donors (Lipinski definition) is 2. The molecule has 4 rings (SSSR count).